The van der Waals surface area contributed by atoms with Gasteiger partial charge in [-0.2, -0.15) is 0 Å². The summed E-state index contributed by atoms with van der Waals surface area (Å²) in [4.78, 5) is 45.5. The topological polar surface area (TPSA) is 222 Å². The Morgan fingerprint density at radius 2 is 0.744 bits per heavy atom. The fourth-order valence-corrected chi connectivity index (χ4v) is 11.2. The van der Waals surface area contributed by atoms with Crippen LogP contribution in [-0.2, 0) is 47.9 Å². The van der Waals surface area contributed by atoms with E-state index < -0.39 is 306 Å². The lowest BCUT2D eigenvalue weighted by Gasteiger charge is -2.47. The summed E-state index contributed by atoms with van der Waals surface area (Å²) < 4.78 is 511. The van der Waals surface area contributed by atoms with Crippen molar-refractivity contribution in [2.75, 3.05) is 81.8 Å². The number of methoxy groups -OCH3 is 6. The maximum absolute atomic E-state index is 13.7. The number of rotatable bonds is 21. The number of fused-ring (bicyclic) bond motifs is 9. The summed E-state index contributed by atoms with van der Waals surface area (Å²) >= 11 is 0. The molecule has 0 amide bonds. The molecule has 504 valence electrons. The van der Waals surface area contributed by atoms with Crippen molar-refractivity contribution in [2.24, 2.45) is 70.3 Å². The number of ether oxygens (including phenoxy) is 9. The van der Waals surface area contributed by atoms with E-state index in [-0.39, 0.29) is 90.3 Å². The van der Waals surface area contributed by atoms with E-state index in [0.717, 1.165) is 35.0 Å². The highest BCUT2D eigenvalue weighted by atomic mass is 16.6. The Labute approximate surface area is 619 Å². The summed E-state index contributed by atoms with van der Waals surface area (Å²) in [6.07, 6.45) is -21.6. The third-order valence-electron chi connectivity index (χ3n) is 15.3. The van der Waals surface area contributed by atoms with Crippen LogP contribution in [0.15, 0.2) is 36.3 Å². The quantitative estimate of drug-likeness (QED) is 0.0666. The van der Waals surface area contributed by atoms with Gasteiger partial charge >= 0.3 is 17.9 Å². The van der Waals surface area contributed by atoms with Crippen molar-refractivity contribution < 1.29 is 135 Å². The Balaban J connectivity index is 0.000000299. The average Bonchev–Trinajstić information content (AvgIpc) is 0.709. The number of carbonyl (C=O) groups is 3. The number of nitrogens with zero attached hydrogens (tertiary/aromatic N) is 3. The third-order valence-corrected chi connectivity index (χ3v) is 15.3. The van der Waals surface area contributed by atoms with Crippen molar-refractivity contribution in [3.8, 4) is 34.5 Å². The molecule has 15 atom stereocenters. The average molecular weight is 1310 g/mol. The molecule has 0 saturated carbocycles. The molecular weight excluding hydrogens is 1140 g/mol. The summed E-state index contributed by atoms with van der Waals surface area (Å²) in [7, 11) is -1.50. The highest BCUT2D eigenvalue weighted by Gasteiger charge is 2.45. The van der Waals surface area contributed by atoms with Gasteiger partial charge < -0.3 is 59.8 Å². The van der Waals surface area contributed by atoms with Crippen LogP contribution in [0.1, 0.15) is 250 Å². The predicted octanol–water partition coefficient (Wildman–Crippen LogP) is 10.7. The number of hydrogen-bond donors (Lipinski definition) is 3. The van der Waals surface area contributed by atoms with Gasteiger partial charge in [-0.25, -0.2) is 0 Å². The Hall–Kier alpha value is -5.37. The lowest BCUT2D eigenvalue weighted by atomic mass is 9.79. The SMILES string of the molecule is [2H]c1c2c(c([2H])c(OC)c1OC([2H])([2H])[2H])C1CC([2H])(OC(=O)[C@@]([2H])(N)C([2H])(C([2H])([2H])[2H])C([2H])([2H])[2H])C(C([2H])([2H])C([2H])(C)C([2H])([2H])[2H])CN1CC2.[2H]c1c2c(c([2H])c(OC)c1OC([2H])([2H])[2H])C1CC([2H])(OC(=O)[C@@]([2H])(N)C([2H])(C([2H])([2H])[2H])C([2H])([2H])[2H])C(C([2H])([2H])C([2H])(C)C([2H])([2H])[2H])CN1CC2.[2H]c1c2c(c([2H])c(OC)c1OC)C1CC([2H])(OC(=O)[C@@]([2H])(N)C([2H])(C([2H])([2H])[2H])C([2H])([2H])[2H])C(C([2H])([2H])C([2H])(C)C([2H])([2H])[2H])CN1CC2. The second kappa shape index (κ2) is 32.5. The third kappa shape index (κ3) is 17.5. The predicted molar refractivity (Wildman–Crippen MR) is 353 cm³/mol. The van der Waals surface area contributed by atoms with Crippen molar-refractivity contribution in [2.45, 2.75) is 195 Å². The van der Waals surface area contributed by atoms with E-state index in [1.54, 1.807) is 4.90 Å². The van der Waals surface area contributed by atoms with Gasteiger partial charge in [-0.1, -0.05) is 82.4 Å². The summed E-state index contributed by atoms with van der Waals surface area (Å²) in [5, 5.41) is 0. The van der Waals surface area contributed by atoms with Gasteiger partial charge in [0.15, 0.2) is 34.5 Å². The molecule has 0 aliphatic carbocycles. The Morgan fingerprint density at radius 3 is 0.989 bits per heavy atom. The van der Waals surface area contributed by atoms with Gasteiger partial charge in [0.25, 0.3) is 0 Å². The summed E-state index contributed by atoms with van der Waals surface area (Å²) in [6.45, 7) is -33.3. The largest absolute Gasteiger partial charge is 0.493 e. The van der Waals surface area contributed by atoms with Crippen LogP contribution in [-0.4, -0.2) is 151 Å². The molecule has 12 unspecified atom stereocenters. The smallest absolute Gasteiger partial charge is 0.323 e. The highest BCUT2D eigenvalue weighted by molar-refractivity contribution is 5.77. The zero-order valence-electron chi connectivity index (χ0n) is 107. The van der Waals surface area contributed by atoms with Gasteiger partial charge in [0, 0.05) is 148 Å². The van der Waals surface area contributed by atoms with Crippen LogP contribution in [0.2, 0.25) is 0 Å². The summed E-state index contributed by atoms with van der Waals surface area (Å²) in [5.74, 6) is -36.5. The molecule has 18 nitrogen and oxygen atoms in total. The molecule has 6 N–H and O–H groups in total. The standard InChI is InChI=1S/3C24H38N2O4/c3*1-14(2)9-17-13-26-8-7-16-10-21(28-5)22(29-6)11-18(16)19(26)12-20(17)30-24(27)23(25)15(3)4/h3*10-11,14-15,17,19-20,23H,7-9,12-13,25H2,1-6H3/t3*17?,19?,20?,23-/m000/s1/i2*1D3,3D3,4D3,5D3,9D2,10D,11D,14D,15D,20D,23D;1D3,3D3,4D3,9D2,10D,11D,14D,15D,20D,23D/t3*14?,17?,19?,20?,23-. The molecule has 9 rings (SSSR count). The molecule has 0 aromatic heterocycles. The minimum Gasteiger partial charge on any atom is -0.493 e. The number of nitrogens with two attached hydrogens (primary N) is 3. The zero-order chi connectivity index (χ0) is 115. The first kappa shape index (κ1) is 27.2. The summed E-state index contributed by atoms with van der Waals surface area (Å²) in [5.41, 5.74) is 17.4. The maximum Gasteiger partial charge on any atom is 0.323 e. The van der Waals surface area contributed by atoms with Crippen LogP contribution in [0.3, 0.4) is 0 Å². The van der Waals surface area contributed by atoms with Crippen LogP contribution < -0.4 is 45.6 Å². The summed E-state index contributed by atoms with van der Waals surface area (Å²) in [6, 6.07) is -18.1. The first-order chi connectivity index (χ1) is 65.0. The second-order valence-electron chi connectivity index (χ2n) is 21.2. The van der Waals surface area contributed by atoms with Gasteiger partial charge in [0.2, 0.25) is 0 Å². The van der Waals surface area contributed by atoms with Crippen molar-refractivity contribution in [1.82, 2.24) is 14.7 Å². The van der Waals surface area contributed by atoms with Crippen LogP contribution in [0.5, 0.6) is 34.5 Å². The Kier molecular flexibility index (Phi) is 9.80. The number of carbonyl (C=O) groups excluding carboxylic acids is 3. The van der Waals surface area contributed by atoms with Crippen LogP contribution >= 0.6 is 0 Å². The fourth-order valence-electron chi connectivity index (χ4n) is 11.2. The molecule has 6 aliphatic rings. The lowest BCUT2D eigenvalue weighted by Crippen LogP contribution is -2.51. The molecule has 3 saturated heterocycles. The minimum atomic E-state index is -4.07. The molecule has 3 aromatic carbocycles. The van der Waals surface area contributed by atoms with Crippen molar-refractivity contribution >= 4 is 17.9 Å². The maximum atomic E-state index is 13.7. The second-order valence-corrected chi connectivity index (χ2v) is 21.2. The normalized spacial score (nSPS) is 42.0. The molecule has 90 heavy (non-hydrogen) atoms. The number of esters is 3. The van der Waals surface area contributed by atoms with Crippen molar-refractivity contribution in [3.63, 3.8) is 0 Å². The van der Waals surface area contributed by atoms with E-state index in [9.17, 15) is 18.5 Å². The highest BCUT2D eigenvalue weighted by Crippen LogP contribution is 2.48. The lowest BCUT2D eigenvalue weighted by molar-refractivity contribution is -0.161. The molecule has 0 radical (unpaired) electrons. The molecule has 18 heteroatoms. The first-order valence-corrected chi connectivity index (χ1v) is 27.8. The number of piperidine rings is 3. The zero-order valence-corrected chi connectivity index (χ0v) is 50.4. The van der Waals surface area contributed by atoms with E-state index in [2.05, 4.69) is 0 Å². The van der Waals surface area contributed by atoms with Crippen molar-refractivity contribution in [1.29, 1.82) is 0 Å². The van der Waals surface area contributed by atoms with Crippen LogP contribution in [0, 0.1) is 53.1 Å². The van der Waals surface area contributed by atoms with Crippen molar-refractivity contribution in [3.05, 3.63) is 69.6 Å². The number of benzene rings is 3. The van der Waals surface area contributed by atoms with E-state index >= 15 is 0 Å². The van der Waals surface area contributed by atoms with Crippen LogP contribution in [0.4, 0.5) is 0 Å². The van der Waals surface area contributed by atoms with E-state index in [1.807, 2.05) is 0 Å². The minimum absolute atomic E-state index is 0.0444. The fraction of sp³-hybridized carbons (Fsp3) is 0.708. The monoisotopic (exact) mass is 1310 g/mol. The van der Waals surface area contributed by atoms with Gasteiger partial charge in [-0.3, -0.25) is 29.1 Å². The van der Waals surface area contributed by atoms with Crippen LogP contribution in [0.25, 0.3) is 0 Å². The van der Waals surface area contributed by atoms with E-state index in [1.165, 1.54) is 24.0 Å². The molecule has 0 bridgehead atoms. The molecule has 3 fully saturated rings. The molecule has 6 heterocycles. The molecular formula is C72H114N6O12. The van der Waals surface area contributed by atoms with Gasteiger partial charge in [0.05, 0.1) is 67.2 Å². The molecule has 6 aliphatic heterocycles. The Morgan fingerprint density at radius 1 is 0.478 bits per heavy atom. The van der Waals surface area contributed by atoms with E-state index in [0.29, 0.717) is 5.56 Å². The molecule has 0 spiro atoms. The van der Waals surface area contributed by atoms with Gasteiger partial charge in [0.1, 0.15) is 36.3 Å². The number of hydrogen-bond acceptors (Lipinski definition) is 18. The first-order valence-electron chi connectivity index (χ1n) is 56.3. The Bertz CT molecular complexity index is 5120. The van der Waals surface area contributed by atoms with Gasteiger partial charge in [-0.15, -0.1) is 0 Å². The van der Waals surface area contributed by atoms with E-state index in [4.69, 9.17) is 134 Å². The molecule has 3 aromatic rings. The van der Waals surface area contributed by atoms with Gasteiger partial charge in [-0.05, 0) is 143 Å².